The van der Waals surface area contributed by atoms with Crippen molar-refractivity contribution in [3.05, 3.63) is 29.8 Å². The molecule has 0 bridgehead atoms. The van der Waals surface area contributed by atoms with Gasteiger partial charge in [-0.3, -0.25) is 0 Å². The second-order valence-electron chi connectivity index (χ2n) is 4.79. The Bertz CT molecular complexity index is 550. The minimum Gasteiger partial charge on any atom is -0.478 e. The number of sulfonamides is 1. The molecule has 1 aliphatic rings. The maximum atomic E-state index is 12.1. The fourth-order valence-corrected chi connectivity index (χ4v) is 3.59. The zero-order valence-corrected chi connectivity index (χ0v) is 14.3. The minimum absolute atomic E-state index is 0. The van der Waals surface area contributed by atoms with E-state index in [1.54, 1.807) is 0 Å². The zero-order valence-electron chi connectivity index (χ0n) is 11.5. The Morgan fingerprint density at radius 2 is 1.65 bits per heavy atom. The van der Waals surface area contributed by atoms with Crippen molar-refractivity contribution in [3.8, 4) is 0 Å². The average Bonchev–Trinajstić information content (AvgIpc) is 2.39. The number of hydrogen-bond donors (Lipinski definition) is 2. The molecule has 0 radical (unpaired) electrons. The molecule has 0 amide bonds. The van der Waals surface area contributed by atoms with Crippen molar-refractivity contribution >= 4 is 16.0 Å². The maximum absolute atomic E-state index is 12.1. The van der Waals surface area contributed by atoms with E-state index in [1.165, 1.54) is 24.3 Å². The van der Waals surface area contributed by atoms with Crippen molar-refractivity contribution in [3.63, 3.8) is 0 Å². The largest absolute Gasteiger partial charge is 1.00 e. The number of rotatable bonds is 4. The van der Waals surface area contributed by atoms with E-state index < -0.39 is 16.0 Å². The van der Waals surface area contributed by atoms with Gasteiger partial charge in [0.15, 0.2) is 0 Å². The number of hydrogen-bond acceptors (Lipinski definition) is 3. The first kappa shape index (κ1) is 17.7. The molecule has 0 spiro atoms. The summed E-state index contributed by atoms with van der Waals surface area (Å²) in [6.45, 7) is 0. The molecule has 2 N–H and O–H groups in total. The molecule has 1 aromatic rings. The second kappa shape index (κ2) is 7.56. The van der Waals surface area contributed by atoms with Gasteiger partial charge in [-0.1, -0.05) is 19.3 Å². The van der Waals surface area contributed by atoms with Crippen LogP contribution in [0.3, 0.4) is 0 Å². The van der Waals surface area contributed by atoms with Gasteiger partial charge in [0.2, 0.25) is 10.0 Å². The van der Waals surface area contributed by atoms with E-state index in [0.29, 0.717) is 0 Å². The van der Waals surface area contributed by atoms with Crippen molar-refractivity contribution < 1.29 is 47.9 Å². The third-order valence-corrected chi connectivity index (χ3v) is 4.87. The molecule has 1 fully saturated rings. The van der Waals surface area contributed by atoms with Crippen LogP contribution in [0, 0.1) is 0 Å². The first-order valence-corrected chi connectivity index (χ1v) is 7.83. The summed E-state index contributed by atoms with van der Waals surface area (Å²) >= 11 is 0. The minimum atomic E-state index is -3.55. The maximum Gasteiger partial charge on any atom is 1.00 e. The van der Waals surface area contributed by atoms with E-state index in [9.17, 15) is 13.2 Å². The number of carboxylic acids is 1. The summed E-state index contributed by atoms with van der Waals surface area (Å²) in [5, 5.41) is 8.77. The Morgan fingerprint density at radius 3 is 2.15 bits per heavy atom. The predicted octanol–water partition coefficient (Wildman–Crippen LogP) is -1.00. The molecule has 0 saturated heterocycles. The summed E-state index contributed by atoms with van der Waals surface area (Å²) < 4.78 is 26.9. The Hall–Kier alpha value is -0.400. The molecule has 20 heavy (non-hydrogen) atoms. The predicted molar refractivity (Wildman–Crippen MR) is 70.6 cm³/mol. The van der Waals surface area contributed by atoms with Crippen molar-refractivity contribution in [2.45, 2.75) is 43.0 Å². The molecule has 7 heteroatoms. The van der Waals surface area contributed by atoms with Gasteiger partial charge in [-0.15, -0.1) is 0 Å². The van der Waals surface area contributed by atoms with Crippen LogP contribution in [0.15, 0.2) is 29.2 Å². The standard InChI is InChI=1S/C13H17NO4S.Na/c15-13(16)10-6-8-12(9-7-10)19(17,18)14-11-4-2-1-3-5-11;/h6-9,11,14H,1-5H2,(H,15,16);/q;+1. The summed E-state index contributed by atoms with van der Waals surface area (Å²) in [4.78, 5) is 10.8. The zero-order chi connectivity index (χ0) is 13.9. The van der Waals surface area contributed by atoms with Crippen LogP contribution in [0.2, 0.25) is 0 Å². The van der Waals surface area contributed by atoms with E-state index in [2.05, 4.69) is 4.72 Å². The molecule has 0 aliphatic heterocycles. The topological polar surface area (TPSA) is 83.5 Å². The van der Waals surface area contributed by atoms with Gasteiger partial charge in [0.05, 0.1) is 10.5 Å². The summed E-state index contributed by atoms with van der Waals surface area (Å²) in [7, 11) is -3.55. The molecule has 1 aromatic carbocycles. The van der Waals surface area contributed by atoms with Crippen LogP contribution in [-0.2, 0) is 10.0 Å². The third-order valence-electron chi connectivity index (χ3n) is 3.34. The molecule has 104 valence electrons. The monoisotopic (exact) mass is 306 g/mol. The fourth-order valence-electron chi connectivity index (χ4n) is 2.28. The molecule has 0 atom stereocenters. The van der Waals surface area contributed by atoms with Gasteiger partial charge >= 0.3 is 35.5 Å². The molecular formula is C13H17NNaO4S+. The van der Waals surface area contributed by atoms with Gasteiger partial charge in [0.25, 0.3) is 0 Å². The van der Waals surface area contributed by atoms with E-state index in [0.717, 1.165) is 32.1 Å². The summed E-state index contributed by atoms with van der Waals surface area (Å²) in [5.41, 5.74) is 0.0802. The number of benzene rings is 1. The quantitative estimate of drug-likeness (QED) is 0.699. The SMILES string of the molecule is O=C(O)c1ccc(S(=O)(=O)NC2CCCCC2)cc1.[Na+]. The molecule has 1 aliphatic carbocycles. The molecule has 0 unspecified atom stereocenters. The third kappa shape index (κ3) is 4.56. The van der Waals surface area contributed by atoms with E-state index in [-0.39, 0.29) is 46.1 Å². The van der Waals surface area contributed by atoms with Gasteiger partial charge in [0.1, 0.15) is 0 Å². The van der Waals surface area contributed by atoms with Crippen LogP contribution in [0.4, 0.5) is 0 Å². The van der Waals surface area contributed by atoms with Crippen LogP contribution < -0.4 is 34.3 Å². The number of carbonyl (C=O) groups is 1. The molecule has 0 aromatic heterocycles. The Kier molecular flexibility index (Phi) is 6.68. The van der Waals surface area contributed by atoms with Gasteiger partial charge in [-0.2, -0.15) is 0 Å². The van der Waals surface area contributed by atoms with Crippen molar-refractivity contribution in [2.75, 3.05) is 0 Å². The summed E-state index contributed by atoms with van der Waals surface area (Å²) in [6, 6.07) is 5.26. The van der Waals surface area contributed by atoms with Gasteiger partial charge in [-0.25, -0.2) is 17.9 Å². The van der Waals surface area contributed by atoms with Crippen LogP contribution >= 0.6 is 0 Å². The number of carboxylic acid groups (broad SMARTS) is 1. The molecule has 2 rings (SSSR count). The van der Waals surface area contributed by atoms with Crippen LogP contribution in [0.1, 0.15) is 42.5 Å². The van der Waals surface area contributed by atoms with E-state index in [4.69, 9.17) is 5.11 Å². The number of nitrogens with one attached hydrogen (secondary N) is 1. The normalized spacial score (nSPS) is 16.4. The first-order valence-electron chi connectivity index (χ1n) is 6.35. The molecule has 0 heterocycles. The first-order chi connectivity index (χ1) is 8.99. The van der Waals surface area contributed by atoms with Crippen molar-refractivity contribution in [1.82, 2.24) is 4.72 Å². The molecule has 1 saturated carbocycles. The Morgan fingerprint density at radius 1 is 1.10 bits per heavy atom. The van der Waals surface area contributed by atoms with Crippen molar-refractivity contribution in [2.24, 2.45) is 0 Å². The van der Waals surface area contributed by atoms with Crippen LogP contribution in [0.5, 0.6) is 0 Å². The summed E-state index contributed by atoms with van der Waals surface area (Å²) in [5.74, 6) is -1.07. The number of aromatic carboxylic acids is 1. The van der Waals surface area contributed by atoms with Crippen LogP contribution in [-0.4, -0.2) is 25.5 Å². The molecular weight excluding hydrogens is 289 g/mol. The van der Waals surface area contributed by atoms with Gasteiger partial charge < -0.3 is 5.11 Å². The molecule has 5 nitrogen and oxygen atoms in total. The summed E-state index contributed by atoms with van der Waals surface area (Å²) in [6.07, 6.45) is 4.99. The van der Waals surface area contributed by atoms with Gasteiger partial charge in [0, 0.05) is 6.04 Å². The van der Waals surface area contributed by atoms with Gasteiger partial charge in [-0.05, 0) is 37.1 Å². The Balaban J connectivity index is 0.00000200. The van der Waals surface area contributed by atoms with E-state index in [1.807, 2.05) is 0 Å². The second-order valence-corrected chi connectivity index (χ2v) is 6.50. The van der Waals surface area contributed by atoms with Crippen LogP contribution in [0.25, 0.3) is 0 Å². The average molecular weight is 306 g/mol. The Labute approximate surface area is 141 Å². The van der Waals surface area contributed by atoms with Crippen molar-refractivity contribution in [1.29, 1.82) is 0 Å². The smallest absolute Gasteiger partial charge is 0.478 e. The van der Waals surface area contributed by atoms with E-state index >= 15 is 0 Å². The fraction of sp³-hybridized carbons (Fsp3) is 0.462.